The van der Waals surface area contributed by atoms with Gasteiger partial charge in [-0.1, -0.05) is 19.1 Å². The molecule has 0 spiro atoms. The van der Waals surface area contributed by atoms with Crippen molar-refractivity contribution in [1.29, 1.82) is 0 Å². The van der Waals surface area contributed by atoms with E-state index in [0.717, 1.165) is 11.4 Å². The minimum atomic E-state index is -2.75. The van der Waals surface area contributed by atoms with Gasteiger partial charge in [0.25, 0.3) is 17.7 Å². The summed E-state index contributed by atoms with van der Waals surface area (Å²) in [7, 11) is 23.8. The Morgan fingerprint density at radius 3 is 1.12 bits per heavy atom. The normalized spacial score (nSPS) is 29.6. The number of amides is 3. The molecule has 31 heteroatoms. The molecule has 3 aromatic rings. The summed E-state index contributed by atoms with van der Waals surface area (Å²) in [6, 6.07) is 5.81. The number of carbonyl (C=O) groups excluding carboxylic acids is 9. The quantitative estimate of drug-likeness (QED) is 0.0906. The second kappa shape index (κ2) is 26.6. The molecule has 12 rings (SSSR count). The number of nitrogens with zero attached hydrogens (tertiary/aromatic N) is 7. The standard InChI is InChI=1S/C26H34N4O7.C24H29N3O7.C24H27N3O7/c1-28(2)10-13-11-9-12-14(29(3)4)7-8-15(31)16(12)21(32)17(11)23(34)26(37)19(13)20(30(5)6)22(33)18(24(26)35)25(27)36;2*1-9-10-8-11-12(26(2)3)6-7-13(28)14(11)19(29)15(10)21(31)24(34)17(9)18(27(4)5)20(30)16(22(24)32)23(25)33/h7-8,11,13,19-20,31-32,35,37H,9-10H2,1-6H3,(H2,27,36);6-7,9-10,17-18,28-29,32,34H,8H2,1-5H3,(H2,25,33);6-7,10,17-18,28-29,32,34H,1,8H2,2-5H3,(H2,25,33)/t11-,13+,19-,20-,26-;9?,10-,17-,18-,24-;10-,17-,18-,24-/m000/s1. The number of benzene rings is 3. The van der Waals surface area contributed by atoms with Crippen molar-refractivity contribution in [3.63, 3.8) is 0 Å². The monoisotopic (exact) mass is 1450 g/mol. The lowest BCUT2D eigenvalue weighted by atomic mass is 9.52. The SMILES string of the molecule is C=C1[C@@H]2Cc3c(N(C)C)ccc(O)c3C(O)=C2C(=O)[C@]2(O)C(O)=C(C(N)=O)C(=O)[C@@H](N(C)C)[C@H]12.CC1[C@@H]2Cc3c(N(C)C)ccc(O)c3C(O)=C2C(=O)[C@]2(O)C(O)=C(C(N)=O)C(=O)[C@@H](N(C)C)[C@H]12.CN(C)C[C@H]1[C@H]2[C@H](N(C)C)C(=O)C(C(N)=O)=C(O)[C@@]2(O)C(=O)C2=C(O)c3c(O)ccc(N(C)C)c3C[C@H]21. The van der Waals surface area contributed by atoms with Gasteiger partial charge in [-0.3, -0.25) is 57.9 Å². The van der Waals surface area contributed by atoms with Crippen LogP contribution < -0.4 is 31.9 Å². The van der Waals surface area contributed by atoms with Crippen molar-refractivity contribution in [3.05, 3.63) is 133 Å². The van der Waals surface area contributed by atoms with Crippen LogP contribution in [-0.2, 0) is 62.4 Å². The minimum absolute atomic E-state index is 0.0373. The Labute approximate surface area is 603 Å². The van der Waals surface area contributed by atoms with E-state index in [4.69, 9.17) is 17.2 Å². The molecule has 14 atom stereocenters. The first kappa shape index (κ1) is 77.2. The number of hydrogen-bond acceptors (Lipinski definition) is 28. The van der Waals surface area contributed by atoms with E-state index >= 15 is 0 Å². The van der Waals surface area contributed by atoms with Gasteiger partial charge >= 0.3 is 0 Å². The van der Waals surface area contributed by atoms with Gasteiger partial charge in [0, 0.05) is 106 Å². The van der Waals surface area contributed by atoms with Gasteiger partial charge in [0.05, 0.1) is 34.8 Å². The largest absolute Gasteiger partial charge is 0.508 e. The third-order valence-corrected chi connectivity index (χ3v) is 22.6. The molecule has 0 aromatic heterocycles. The third-order valence-electron chi connectivity index (χ3n) is 22.6. The van der Waals surface area contributed by atoms with Crippen molar-refractivity contribution < 1.29 is 104 Å². The molecule has 3 aromatic carbocycles. The number of phenols is 3. The number of rotatable bonds is 11. The highest BCUT2D eigenvalue weighted by Gasteiger charge is 2.70. The number of Topliss-reactive ketones (excluding diaryl/α,β-unsaturated/α-hetero) is 6. The van der Waals surface area contributed by atoms with E-state index in [9.17, 15) is 104 Å². The molecule has 105 heavy (non-hydrogen) atoms. The number of nitrogens with two attached hydrogens (primary N) is 3. The van der Waals surface area contributed by atoms with Crippen molar-refractivity contribution in [1.82, 2.24) is 19.6 Å². The van der Waals surface area contributed by atoms with E-state index in [2.05, 4.69) is 6.58 Å². The van der Waals surface area contributed by atoms with E-state index in [1.54, 1.807) is 86.4 Å². The van der Waals surface area contributed by atoms with Gasteiger partial charge in [-0.05, 0) is 152 Å². The van der Waals surface area contributed by atoms with Crippen LogP contribution in [0.4, 0.5) is 17.1 Å². The van der Waals surface area contributed by atoms with Gasteiger partial charge in [-0.25, -0.2) is 0 Å². The van der Waals surface area contributed by atoms with Crippen molar-refractivity contribution >= 4 is 86.8 Å². The second-order valence-electron chi connectivity index (χ2n) is 30.0. The van der Waals surface area contributed by atoms with Crippen LogP contribution in [0.1, 0.15) is 40.3 Å². The molecule has 18 N–H and O–H groups in total. The van der Waals surface area contributed by atoms with E-state index in [-0.39, 0.29) is 82.0 Å². The number of aliphatic hydroxyl groups is 9. The molecule has 31 nitrogen and oxygen atoms in total. The average molecular weight is 1460 g/mol. The molecule has 0 bridgehead atoms. The maximum absolute atomic E-state index is 14.1. The smallest absolute Gasteiger partial charge is 0.255 e. The average Bonchev–Trinajstić information content (AvgIpc) is 0.702. The first-order chi connectivity index (χ1) is 48.7. The van der Waals surface area contributed by atoms with E-state index in [0.29, 0.717) is 22.4 Å². The number of aromatic hydroxyl groups is 3. The first-order valence-corrected chi connectivity index (χ1v) is 33.5. The zero-order valence-corrected chi connectivity index (χ0v) is 60.8. The molecular weight excluding hydrogens is 1360 g/mol. The zero-order chi connectivity index (χ0) is 78.6. The number of ketones is 6. The lowest BCUT2D eigenvalue weighted by molar-refractivity contribution is -0.161. The van der Waals surface area contributed by atoms with Crippen LogP contribution in [0.15, 0.2) is 99.3 Å². The summed E-state index contributed by atoms with van der Waals surface area (Å²) >= 11 is 0. The maximum Gasteiger partial charge on any atom is 0.255 e. The number of anilines is 3. The number of primary amides is 3. The summed E-state index contributed by atoms with van der Waals surface area (Å²) in [5.74, 6) is -21.9. The first-order valence-electron chi connectivity index (χ1n) is 33.5. The lowest BCUT2D eigenvalue weighted by Crippen LogP contribution is -2.69. The minimum Gasteiger partial charge on any atom is -0.508 e. The maximum atomic E-state index is 14.1. The Balaban J connectivity index is 0.000000169. The molecule has 3 fully saturated rings. The highest BCUT2D eigenvalue weighted by atomic mass is 16.4. The van der Waals surface area contributed by atoms with Crippen LogP contribution in [0.25, 0.3) is 17.3 Å². The molecule has 0 aliphatic heterocycles. The summed E-state index contributed by atoms with van der Waals surface area (Å²) in [6.07, 6.45) is 0.627. The molecule has 0 heterocycles. The van der Waals surface area contributed by atoms with Crippen LogP contribution in [0, 0.1) is 47.3 Å². The van der Waals surface area contributed by atoms with E-state index < -0.39 is 186 Å². The molecule has 3 amide bonds. The second-order valence-corrected chi connectivity index (χ2v) is 30.0. The molecule has 3 saturated carbocycles. The molecule has 1 unspecified atom stereocenters. The van der Waals surface area contributed by atoms with E-state index in [1.807, 2.05) is 42.9 Å². The summed E-state index contributed by atoms with van der Waals surface area (Å²) in [5.41, 5.74) is 9.26. The van der Waals surface area contributed by atoms with Crippen LogP contribution in [0.2, 0.25) is 0 Å². The molecule has 9 aliphatic carbocycles. The Bertz CT molecular complexity index is 4610. The van der Waals surface area contributed by atoms with Gasteiger partial charge in [-0.2, -0.15) is 0 Å². The Morgan fingerprint density at radius 1 is 0.448 bits per heavy atom. The number of aliphatic hydroxyl groups excluding tert-OH is 6. The fourth-order valence-electron chi connectivity index (χ4n) is 18.2. The van der Waals surface area contributed by atoms with Gasteiger partial charge in [0.1, 0.15) is 68.5 Å². The Hall–Kier alpha value is -10.4. The topological polar surface area (TPSA) is 497 Å². The van der Waals surface area contributed by atoms with E-state index in [1.165, 1.54) is 47.0 Å². The Kier molecular flexibility index (Phi) is 19.6. The molecule has 0 saturated heterocycles. The number of hydrogen-bond donors (Lipinski definition) is 15. The predicted molar refractivity (Wildman–Crippen MR) is 382 cm³/mol. The Morgan fingerprint density at radius 2 is 0.762 bits per heavy atom. The van der Waals surface area contributed by atoms with Crippen LogP contribution in [-0.4, -0.2) is 273 Å². The van der Waals surface area contributed by atoms with Crippen LogP contribution in [0.5, 0.6) is 17.2 Å². The summed E-state index contributed by atoms with van der Waals surface area (Å²) in [5, 5.41) is 134. The molecule has 9 aliphatic rings. The van der Waals surface area contributed by atoms with Gasteiger partial charge in [-0.15, -0.1) is 0 Å². The summed E-state index contributed by atoms with van der Waals surface area (Å²) < 4.78 is 0. The summed E-state index contributed by atoms with van der Waals surface area (Å²) in [6.45, 7) is 6.09. The number of fused-ring (bicyclic) bond motifs is 9. The van der Waals surface area contributed by atoms with Gasteiger partial charge < -0.3 is 98.1 Å². The number of carbonyl (C=O) groups is 9. The molecule has 562 valence electrons. The van der Waals surface area contributed by atoms with Crippen molar-refractivity contribution in [2.75, 3.05) is 120 Å². The van der Waals surface area contributed by atoms with Gasteiger partial charge in [0.2, 0.25) is 17.3 Å². The third kappa shape index (κ3) is 11.0. The zero-order valence-electron chi connectivity index (χ0n) is 60.8. The van der Waals surface area contributed by atoms with Crippen molar-refractivity contribution in [3.8, 4) is 17.2 Å². The lowest BCUT2D eigenvalue weighted by Gasteiger charge is -2.54. The molecule has 0 radical (unpaired) electrons. The van der Waals surface area contributed by atoms with Crippen molar-refractivity contribution in [2.45, 2.75) is 61.1 Å². The van der Waals surface area contributed by atoms with Crippen LogP contribution >= 0.6 is 0 Å². The molecular formula is C74H90N10O21. The number of phenolic OH excluding ortho intramolecular Hbond substituents is 3. The van der Waals surface area contributed by atoms with Gasteiger partial charge in [0.15, 0.2) is 34.2 Å². The highest BCUT2D eigenvalue weighted by molar-refractivity contribution is 6.27. The highest BCUT2D eigenvalue weighted by Crippen LogP contribution is 2.60. The fourth-order valence-corrected chi connectivity index (χ4v) is 18.2. The summed E-state index contributed by atoms with van der Waals surface area (Å²) in [4.78, 5) is 130. The van der Waals surface area contributed by atoms with Crippen LogP contribution in [0.3, 0.4) is 0 Å². The fraction of sp³-hybridized carbons (Fsp3) is 0.446. The number of likely N-dealkylation sites (N-methyl/N-ethyl adjacent to an activating group) is 3. The van der Waals surface area contributed by atoms with Crippen molar-refractivity contribution in [2.24, 2.45) is 64.5 Å². The predicted octanol–water partition coefficient (Wildman–Crippen LogP) is 0.290.